The smallest absolute Gasteiger partial charge is 0.339 e. The number of rotatable bonds is 6. The molecule has 0 fully saturated rings. The summed E-state index contributed by atoms with van der Waals surface area (Å²) in [6, 6.07) is 9.01. The Labute approximate surface area is 119 Å². The van der Waals surface area contributed by atoms with Crippen molar-refractivity contribution in [2.75, 3.05) is 6.61 Å². The van der Waals surface area contributed by atoms with E-state index in [0.29, 0.717) is 18.1 Å². The SMILES string of the molecule is CC(C)CCOC(=O)[C@](C)(O)[C@@H](Cl)c1ccccc1. The molecule has 0 aliphatic carbocycles. The predicted octanol–water partition coefficient (Wildman–Crippen LogP) is 3.31. The molecule has 1 N–H and O–H groups in total. The van der Waals surface area contributed by atoms with Gasteiger partial charge in [-0.1, -0.05) is 44.2 Å². The molecule has 3 nitrogen and oxygen atoms in total. The number of hydrogen-bond acceptors (Lipinski definition) is 3. The van der Waals surface area contributed by atoms with E-state index in [0.717, 1.165) is 6.42 Å². The number of halogens is 1. The quantitative estimate of drug-likeness (QED) is 0.644. The summed E-state index contributed by atoms with van der Waals surface area (Å²) in [6.45, 7) is 5.76. The number of esters is 1. The van der Waals surface area contributed by atoms with Crippen LogP contribution in [-0.2, 0) is 9.53 Å². The molecule has 0 heterocycles. The molecule has 0 radical (unpaired) electrons. The van der Waals surface area contributed by atoms with Gasteiger partial charge < -0.3 is 9.84 Å². The highest BCUT2D eigenvalue weighted by Gasteiger charge is 2.40. The number of carbonyl (C=O) groups is 1. The van der Waals surface area contributed by atoms with Gasteiger partial charge >= 0.3 is 5.97 Å². The Hall–Kier alpha value is -1.06. The van der Waals surface area contributed by atoms with Crippen molar-refractivity contribution >= 4 is 17.6 Å². The van der Waals surface area contributed by atoms with Crippen LogP contribution >= 0.6 is 11.6 Å². The molecule has 0 spiro atoms. The zero-order chi connectivity index (χ0) is 14.5. The highest BCUT2D eigenvalue weighted by molar-refractivity contribution is 6.23. The minimum atomic E-state index is -1.74. The second-order valence-electron chi connectivity index (χ2n) is 5.24. The lowest BCUT2D eigenvalue weighted by Crippen LogP contribution is -2.41. The summed E-state index contributed by atoms with van der Waals surface area (Å²) in [4.78, 5) is 11.9. The van der Waals surface area contributed by atoms with Crippen LogP contribution in [0, 0.1) is 5.92 Å². The first-order chi connectivity index (χ1) is 8.85. The fraction of sp³-hybridized carbons (Fsp3) is 0.533. The lowest BCUT2D eigenvalue weighted by molar-refractivity contribution is -0.164. The molecule has 0 saturated heterocycles. The van der Waals surface area contributed by atoms with Crippen LogP contribution in [0.3, 0.4) is 0 Å². The first kappa shape index (κ1) is 16.0. The molecule has 0 amide bonds. The number of carbonyl (C=O) groups excluding carboxylic acids is 1. The Bertz CT molecular complexity index is 401. The molecule has 4 heteroatoms. The van der Waals surface area contributed by atoms with Gasteiger partial charge in [-0.2, -0.15) is 0 Å². The van der Waals surface area contributed by atoms with Gasteiger partial charge in [-0.3, -0.25) is 0 Å². The minimum absolute atomic E-state index is 0.297. The first-order valence-corrected chi connectivity index (χ1v) is 6.88. The van der Waals surface area contributed by atoms with Crippen molar-refractivity contribution in [2.45, 2.75) is 38.2 Å². The van der Waals surface area contributed by atoms with Crippen LogP contribution in [0.5, 0.6) is 0 Å². The molecule has 1 aromatic carbocycles. The van der Waals surface area contributed by atoms with Crippen molar-refractivity contribution < 1.29 is 14.6 Å². The van der Waals surface area contributed by atoms with Gasteiger partial charge in [-0.15, -0.1) is 11.6 Å². The molecule has 1 aromatic rings. The van der Waals surface area contributed by atoms with E-state index in [1.165, 1.54) is 6.92 Å². The van der Waals surface area contributed by atoms with Crippen LogP contribution in [0.2, 0.25) is 0 Å². The van der Waals surface area contributed by atoms with Crippen molar-refractivity contribution in [3.63, 3.8) is 0 Å². The predicted molar refractivity (Wildman–Crippen MR) is 76.1 cm³/mol. The van der Waals surface area contributed by atoms with E-state index in [-0.39, 0.29) is 0 Å². The van der Waals surface area contributed by atoms with Crippen LogP contribution in [0.15, 0.2) is 30.3 Å². The standard InChI is InChI=1S/C15H21ClO3/c1-11(2)9-10-19-14(17)15(3,18)13(16)12-7-5-4-6-8-12/h4-8,11,13,18H,9-10H2,1-3H3/t13-,15+/m0/s1. The number of benzene rings is 1. The van der Waals surface area contributed by atoms with Crippen LogP contribution in [0.25, 0.3) is 0 Å². The van der Waals surface area contributed by atoms with Crippen molar-refractivity contribution in [3.8, 4) is 0 Å². The lowest BCUT2D eigenvalue weighted by Gasteiger charge is -2.26. The van der Waals surface area contributed by atoms with E-state index in [2.05, 4.69) is 0 Å². The second kappa shape index (κ2) is 6.92. The van der Waals surface area contributed by atoms with E-state index < -0.39 is 16.9 Å². The highest BCUT2D eigenvalue weighted by Crippen LogP contribution is 2.33. The molecule has 0 saturated carbocycles. The second-order valence-corrected chi connectivity index (χ2v) is 5.68. The minimum Gasteiger partial charge on any atom is -0.464 e. The average Bonchev–Trinajstić information content (AvgIpc) is 2.38. The topological polar surface area (TPSA) is 46.5 Å². The molecule has 0 aromatic heterocycles. The van der Waals surface area contributed by atoms with Gasteiger partial charge in [0.25, 0.3) is 0 Å². The third-order valence-corrected chi connectivity index (χ3v) is 3.60. The Balaban J connectivity index is 2.66. The van der Waals surface area contributed by atoms with E-state index in [4.69, 9.17) is 16.3 Å². The van der Waals surface area contributed by atoms with Crippen LogP contribution in [-0.4, -0.2) is 23.3 Å². The molecule has 0 aliphatic heterocycles. The summed E-state index contributed by atoms with van der Waals surface area (Å²) < 4.78 is 5.09. The number of hydrogen-bond donors (Lipinski definition) is 1. The monoisotopic (exact) mass is 284 g/mol. The van der Waals surface area contributed by atoms with Gasteiger partial charge in [0, 0.05) is 0 Å². The van der Waals surface area contributed by atoms with E-state index >= 15 is 0 Å². The molecule has 106 valence electrons. The highest BCUT2D eigenvalue weighted by atomic mass is 35.5. The number of ether oxygens (including phenoxy) is 1. The van der Waals surface area contributed by atoms with Crippen LogP contribution < -0.4 is 0 Å². The largest absolute Gasteiger partial charge is 0.464 e. The maximum Gasteiger partial charge on any atom is 0.339 e. The summed E-state index contributed by atoms with van der Waals surface area (Å²) >= 11 is 6.18. The fourth-order valence-corrected chi connectivity index (χ4v) is 1.82. The molecule has 0 bridgehead atoms. The van der Waals surface area contributed by atoms with Gasteiger partial charge in [0.2, 0.25) is 0 Å². The summed E-state index contributed by atoms with van der Waals surface area (Å²) in [5.41, 5.74) is -1.05. The van der Waals surface area contributed by atoms with Gasteiger partial charge in [-0.05, 0) is 24.8 Å². The number of alkyl halides is 1. The van der Waals surface area contributed by atoms with E-state index in [9.17, 15) is 9.90 Å². The van der Waals surface area contributed by atoms with Gasteiger partial charge in [0.1, 0.15) is 0 Å². The van der Waals surface area contributed by atoms with Gasteiger partial charge in [0.15, 0.2) is 5.60 Å². The fourth-order valence-electron chi connectivity index (χ4n) is 1.58. The lowest BCUT2D eigenvalue weighted by atomic mass is 9.96. The van der Waals surface area contributed by atoms with Gasteiger partial charge in [-0.25, -0.2) is 4.79 Å². The summed E-state index contributed by atoms with van der Waals surface area (Å²) in [5.74, 6) is -0.240. The first-order valence-electron chi connectivity index (χ1n) is 6.44. The van der Waals surface area contributed by atoms with Crippen molar-refractivity contribution in [1.82, 2.24) is 0 Å². The zero-order valence-corrected chi connectivity index (χ0v) is 12.4. The van der Waals surface area contributed by atoms with Crippen LogP contribution in [0.4, 0.5) is 0 Å². The van der Waals surface area contributed by atoms with Gasteiger partial charge in [0.05, 0.1) is 12.0 Å². The van der Waals surface area contributed by atoms with Crippen molar-refractivity contribution in [2.24, 2.45) is 5.92 Å². The Morgan fingerprint density at radius 3 is 2.47 bits per heavy atom. The molecular formula is C15H21ClO3. The maximum absolute atomic E-state index is 11.9. The Kier molecular flexibility index (Phi) is 5.83. The molecule has 1 rings (SSSR count). The normalized spacial score (nSPS) is 15.9. The maximum atomic E-state index is 11.9. The third-order valence-electron chi connectivity index (χ3n) is 2.93. The zero-order valence-electron chi connectivity index (χ0n) is 11.6. The summed E-state index contributed by atoms with van der Waals surface area (Å²) in [5, 5.41) is 9.43. The molecule has 0 aliphatic rings. The van der Waals surface area contributed by atoms with Crippen LogP contribution in [0.1, 0.15) is 38.1 Å². The van der Waals surface area contributed by atoms with E-state index in [1.54, 1.807) is 12.1 Å². The van der Waals surface area contributed by atoms with Crippen molar-refractivity contribution in [1.29, 1.82) is 0 Å². The molecule has 0 unspecified atom stereocenters. The average molecular weight is 285 g/mol. The molecule has 2 atom stereocenters. The third kappa shape index (κ3) is 4.51. The number of aliphatic hydroxyl groups is 1. The Morgan fingerprint density at radius 2 is 1.95 bits per heavy atom. The molecule has 19 heavy (non-hydrogen) atoms. The summed E-state index contributed by atoms with van der Waals surface area (Å²) in [7, 11) is 0. The van der Waals surface area contributed by atoms with Crippen molar-refractivity contribution in [3.05, 3.63) is 35.9 Å². The summed E-state index contributed by atoms with van der Waals surface area (Å²) in [6.07, 6.45) is 0.764. The molecular weight excluding hydrogens is 264 g/mol. The Morgan fingerprint density at radius 1 is 1.37 bits per heavy atom. The van der Waals surface area contributed by atoms with E-state index in [1.807, 2.05) is 32.0 Å².